The summed E-state index contributed by atoms with van der Waals surface area (Å²) in [6, 6.07) is 38.6. The van der Waals surface area contributed by atoms with Crippen LogP contribution in [0.1, 0.15) is 88.8 Å². The van der Waals surface area contributed by atoms with E-state index < -0.39 is 0 Å². The summed E-state index contributed by atoms with van der Waals surface area (Å²) in [6.07, 6.45) is 3.24. The summed E-state index contributed by atoms with van der Waals surface area (Å²) in [5, 5.41) is 0. The van der Waals surface area contributed by atoms with Crippen molar-refractivity contribution in [3.8, 4) is 0 Å². The van der Waals surface area contributed by atoms with Crippen molar-refractivity contribution in [3.63, 3.8) is 0 Å². The van der Waals surface area contributed by atoms with E-state index in [1.807, 2.05) is 55.4 Å². The topological polar surface area (TPSA) is 0 Å². The summed E-state index contributed by atoms with van der Waals surface area (Å²) < 4.78 is 0. The summed E-state index contributed by atoms with van der Waals surface area (Å²) in [7, 11) is 0. The van der Waals surface area contributed by atoms with Crippen LogP contribution in [0.15, 0.2) is 109 Å². The summed E-state index contributed by atoms with van der Waals surface area (Å²) in [6.45, 7) is 16.0. The van der Waals surface area contributed by atoms with E-state index in [4.69, 9.17) is 0 Å². The second-order valence-corrected chi connectivity index (χ2v) is 7.04. The van der Waals surface area contributed by atoms with Gasteiger partial charge in [-0.15, -0.1) is 0 Å². The fourth-order valence-electron chi connectivity index (χ4n) is 3.64. The molecule has 0 saturated heterocycles. The van der Waals surface area contributed by atoms with Gasteiger partial charge in [0.2, 0.25) is 0 Å². The molecule has 188 valence electrons. The van der Waals surface area contributed by atoms with Gasteiger partial charge in [0.05, 0.1) is 0 Å². The Bertz CT molecular complexity index is 859. The van der Waals surface area contributed by atoms with Crippen molar-refractivity contribution in [3.05, 3.63) is 143 Å². The average molecular weight is 469 g/mol. The quantitative estimate of drug-likeness (QED) is 0.242. The lowest BCUT2D eigenvalue weighted by Crippen LogP contribution is -2.06. The number of hydrogen-bond donors (Lipinski definition) is 0. The molecule has 0 heterocycles. The largest absolute Gasteiger partial charge is 0.0683 e. The standard InChI is InChI=1S/C14H12.C13H12.4C2H6/c1-2-6-12-10-14-8-4-3-7-13(14)9-11(12)5-1;1-3-7-12(8-4-1)11-13-9-5-2-6-10-13;4*1-2/h1-8H,9-10H2;1-10H,11H2;4*1-2H3. The van der Waals surface area contributed by atoms with E-state index >= 15 is 0 Å². The van der Waals surface area contributed by atoms with Crippen molar-refractivity contribution in [2.75, 3.05) is 0 Å². The Kier molecular flexibility index (Phi) is 19.5. The highest BCUT2D eigenvalue weighted by atomic mass is 14.2. The molecule has 0 heteroatoms. The van der Waals surface area contributed by atoms with E-state index in [1.54, 1.807) is 0 Å². The third-order valence-corrected chi connectivity index (χ3v) is 5.09. The molecule has 0 atom stereocenters. The van der Waals surface area contributed by atoms with Crippen molar-refractivity contribution in [2.45, 2.75) is 74.7 Å². The number of benzene rings is 4. The summed E-state index contributed by atoms with van der Waals surface area (Å²) >= 11 is 0. The minimum Gasteiger partial charge on any atom is -0.0683 e. The van der Waals surface area contributed by atoms with Gasteiger partial charge in [0.1, 0.15) is 0 Å². The first-order chi connectivity index (χ1) is 17.4. The molecule has 0 nitrogen and oxygen atoms in total. The van der Waals surface area contributed by atoms with Gasteiger partial charge in [-0.25, -0.2) is 0 Å². The Morgan fingerprint density at radius 2 is 0.571 bits per heavy atom. The lowest BCUT2D eigenvalue weighted by molar-refractivity contribution is 1.00. The Morgan fingerprint density at radius 1 is 0.343 bits per heavy atom. The maximum absolute atomic E-state index is 2.24. The lowest BCUT2D eigenvalue weighted by atomic mass is 9.86. The lowest BCUT2D eigenvalue weighted by Gasteiger charge is -2.18. The van der Waals surface area contributed by atoms with Gasteiger partial charge < -0.3 is 0 Å². The number of fused-ring (bicyclic) bond motifs is 2. The molecule has 5 rings (SSSR count). The Labute approximate surface area is 217 Å². The third kappa shape index (κ3) is 11.7. The zero-order valence-electron chi connectivity index (χ0n) is 23.5. The minimum absolute atomic E-state index is 1.03. The molecule has 4 aromatic carbocycles. The van der Waals surface area contributed by atoms with Crippen LogP contribution in [0.2, 0.25) is 0 Å². The van der Waals surface area contributed by atoms with Gasteiger partial charge in [-0.3, -0.25) is 0 Å². The zero-order chi connectivity index (χ0) is 26.3. The second kappa shape index (κ2) is 21.4. The van der Waals surface area contributed by atoms with Crippen LogP contribution in [0.4, 0.5) is 0 Å². The highest BCUT2D eigenvalue weighted by Crippen LogP contribution is 2.26. The average Bonchev–Trinajstić information content (AvgIpc) is 2.98. The minimum atomic E-state index is 1.03. The molecule has 0 bridgehead atoms. The molecule has 0 saturated carbocycles. The van der Waals surface area contributed by atoms with Crippen molar-refractivity contribution < 1.29 is 0 Å². The van der Waals surface area contributed by atoms with E-state index in [2.05, 4.69) is 109 Å². The molecule has 0 unspecified atom stereocenters. The van der Waals surface area contributed by atoms with Crippen LogP contribution in [0, 0.1) is 0 Å². The van der Waals surface area contributed by atoms with Crippen molar-refractivity contribution in [2.24, 2.45) is 0 Å². The highest BCUT2D eigenvalue weighted by molar-refractivity contribution is 5.44. The molecule has 0 aromatic heterocycles. The van der Waals surface area contributed by atoms with Gasteiger partial charge in [-0.1, -0.05) is 165 Å². The highest BCUT2D eigenvalue weighted by Gasteiger charge is 2.13. The molecular weight excluding hydrogens is 420 g/mol. The number of hydrogen-bond acceptors (Lipinski definition) is 0. The van der Waals surface area contributed by atoms with Crippen molar-refractivity contribution >= 4 is 0 Å². The van der Waals surface area contributed by atoms with E-state index in [-0.39, 0.29) is 0 Å². The van der Waals surface area contributed by atoms with Gasteiger partial charge in [0.15, 0.2) is 0 Å². The van der Waals surface area contributed by atoms with Crippen LogP contribution in [0.25, 0.3) is 0 Å². The molecule has 0 spiro atoms. The van der Waals surface area contributed by atoms with Gasteiger partial charge >= 0.3 is 0 Å². The van der Waals surface area contributed by atoms with E-state index in [0.29, 0.717) is 0 Å². The predicted molar refractivity (Wildman–Crippen MR) is 160 cm³/mol. The van der Waals surface area contributed by atoms with Gasteiger partial charge in [0, 0.05) is 0 Å². The van der Waals surface area contributed by atoms with Crippen LogP contribution < -0.4 is 0 Å². The Morgan fingerprint density at radius 3 is 0.829 bits per heavy atom. The van der Waals surface area contributed by atoms with Crippen LogP contribution in [-0.4, -0.2) is 0 Å². The van der Waals surface area contributed by atoms with Crippen LogP contribution in [0.5, 0.6) is 0 Å². The molecule has 0 radical (unpaired) electrons. The van der Waals surface area contributed by atoms with Crippen LogP contribution in [0.3, 0.4) is 0 Å². The summed E-state index contributed by atoms with van der Waals surface area (Å²) in [5.74, 6) is 0. The summed E-state index contributed by atoms with van der Waals surface area (Å²) in [4.78, 5) is 0. The predicted octanol–water partition coefficient (Wildman–Crippen LogP) is 10.6. The fraction of sp³-hybridized carbons (Fsp3) is 0.314. The molecule has 35 heavy (non-hydrogen) atoms. The molecular formula is C35H48. The molecule has 0 amide bonds. The molecule has 0 fully saturated rings. The van der Waals surface area contributed by atoms with E-state index in [1.165, 1.54) is 33.4 Å². The first kappa shape index (κ1) is 31.9. The van der Waals surface area contributed by atoms with Gasteiger partial charge in [-0.05, 0) is 52.6 Å². The van der Waals surface area contributed by atoms with E-state index in [0.717, 1.165) is 19.3 Å². The molecule has 1 aliphatic carbocycles. The molecule has 1 aliphatic rings. The first-order valence-electron chi connectivity index (χ1n) is 13.6. The Hall–Kier alpha value is -3.12. The van der Waals surface area contributed by atoms with Crippen LogP contribution in [-0.2, 0) is 19.3 Å². The second-order valence-electron chi connectivity index (χ2n) is 7.04. The number of rotatable bonds is 2. The van der Waals surface area contributed by atoms with E-state index in [9.17, 15) is 0 Å². The zero-order valence-corrected chi connectivity index (χ0v) is 23.5. The summed E-state index contributed by atoms with van der Waals surface area (Å²) in [5.41, 5.74) is 8.71. The normalized spacial score (nSPS) is 9.60. The Balaban J connectivity index is 0.000000517. The van der Waals surface area contributed by atoms with Crippen LogP contribution >= 0.6 is 0 Å². The molecule has 0 aliphatic heterocycles. The smallest absolute Gasteiger partial charge is 0.00201 e. The maximum atomic E-state index is 2.24. The molecule has 4 aromatic rings. The monoisotopic (exact) mass is 468 g/mol. The van der Waals surface area contributed by atoms with Crippen molar-refractivity contribution in [1.82, 2.24) is 0 Å². The maximum Gasteiger partial charge on any atom is -0.00201 e. The van der Waals surface area contributed by atoms with Crippen molar-refractivity contribution in [1.29, 1.82) is 0 Å². The fourth-order valence-corrected chi connectivity index (χ4v) is 3.64. The third-order valence-electron chi connectivity index (χ3n) is 5.09. The van der Waals surface area contributed by atoms with Gasteiger partial charge in [-0.2, -0.15) is 0 Å². The first-order valence-corrected chi connectivity index (χ1v) is 13.6. The van der Waals surface area contributed by atoms with Gasteiger partial charge in [0.25, 0.3) is 0 Å². The molecule has 0 N–H and O–H groups in total. The SMILES string of the molecule is CC.CC.CC.CC.c1ccc(Cc2ccccc2)cc1.c1ccc2c(c1)Cc1ccccc1C2.